The number of hydroxylamine groups is 1. The normalized spacial score (nSPS) is 11.2. The zero-order valence-electron chi connectivity index (χ0n) is 21.0. The molecule has 0 aliphatic carbocycles. The maximum Gasteiger partial charge on any atom is 0.262 e. The number of hydrogen-bond acceptors (Lipinski definition) is 7. The molecule has 3 rings (SSSR count). The van der Waals surface area contributed by atoms with Crippen molar-refractivity contribution in [2.45, 2.75) is 31.6 Å². The van der Waals surface area contributed by atoms with E-state index in [1.807, 2.05) is 13.0 Å². The fourth-order valence-corrected chi connectivity index (χ4v) is 5.12. The van der Waals surface area contributed by atoms with E-state index < -0.39 is 28.3 Å². The molecule has 1 N–H and O–H groups in total. The van der Waals surface area contributed by atoms with Crippen molar-refractivity contribution in [3.63, 3.8) is 0 Å². The number of nitriles is 1. The third-order valence-corrected chi connectivity index (χ3v) is 7.59. The Hall–Kier alpha value is -3.46. The van der Waals surface area contributed by atoms with Crippen LogP contribution in [0.3, 0.4) is 0 Å². The van der Waals surface area contributed by atoms with Crippen molar-refractivity contribution in [3.05, 3.63) is 92.1 Å². The number of aryl methyl sites for hydroxylation is 1. The number of halogens is 2. The van der Waals surface area contributed by atoms with Crippen LogP contribution < -0.4 is 10.1 Å². The van der Waals surface area contributed by atoms with Gasteiger partial charge in [0.2, 0.25) is 10.0 Å². The largest absolute Gasteiger partial charge is 0.772 e. The minimum Gasteiger partial charge on any atom is -0.772 e. The summed E-state index contributed by atoms with van der Waals surface area (Å²) in [5.41, 5.74) is 1.16. The van der Waals surface area contributed by atoms with Crippen LogP contribution in [0.1, 0.15) is 46.8 Å². The van der Waals surface area contributed by atoms with Gasteiger partial charge in [0.1, 0.15) is 5.75 Å². The fraction of sp³-hybridized carbons (Fsp3) is 0.222. The van der Waals surface area contributed by atoms with Crippen molar-refractivity contribution in [2.24, 2.45) is 0 Å². The zero-order valence-corrected chi connectivity index (χ0v) is 23.4. The lowest BCUT2D eigenvalue weighted by atomic mass is 10.0. The third-order valence-electron chi connectivity index (χ3n) is 5.57. The van der Waals surface area contributed by atoms with E-state index in [9.17, 15) is 28.5 Å². The summed E-state index contributed by atoms with van der Waals surface area (Å²) in [6.45, 7) is 2.82. The smallest absolute Gasteiger partial charge is 0.262 e. The topological polar surface area (TPSA) is 140 Å². The van der Waals surface area contributed by atoms with E-state index in [2.05, 4.69) is 5.32 Å². The predicted molar refractivity (Wildman–Crippen MR) is 149 cm³/mol. The second-order valence-electron chi connectivity index (χ2n) is 8.51. The van der Waals surface area contributed by atoms with Crippen LogP contribution in [0.2, 0.25) is 10.0 Å². The summed E-state index contributed by atoms with van der Waals surface area (Å²) < 4.78 is 30.7. The molecular formula is C27H24Cl2N3O6S-. The maximum atomic E-state index is 13.2. The second-order valence-corrected chi connectivity index (χ2v) is 11.2. The van der Waals surface area contributed by atoms with Crippen molar-refractivity contribution in [1.82, 2.24) is 4.47 Å². The summed E-state index contributed by atoms with van der Waals surface area (Å²) in [5.74, 6) is -1.00. The molecule has 0 aromatic heterocycles. The molecule has 0 fully saturated rings. The highest BCUT2D eigenvalue weighted by molar-refractivity contribution is 7.89. The highest BCUT2D eigenvalue weighted by atomic mass is 35.5. The van der Waals surface area contributed by atoms with Gasteiger partial charge in [-0.25, -0.2) is 8.42 Å². The van der Waals surface area contributed by atoms with Gasteiger partial charge in [-0.3, -0.25) is 14.1 Å². The summed E-state index contributed by atoms with van der Waals surface area (Å²) in [4.78, 5) is 25.6. The number of nitrogens with one attached hydrogen (secondary N) is 1. The van der Waals surface area contributed by atoms with Crippen molar-refractivity contribution in [2.75, 3.05) is 18.5 Å². The number of unbranched alkanes of at least 4 members (excludes halogenated alkanes) is 1. The molecule has 3 aromatic carbocycles. The van der Waals surface area contributed by atoms with E-state index >= 15 is 0 Å². The molecule has 0 saturated heterocycles. The molecule has 12 heteroatoms. The van der Waals surface area contributed by atoms with E-state index in [1.165, 1.54) is 54.6 Å². The van der Waals surface area contributed by atoms with Crippen molar-refractivity contribution >= 4 is 50.6 Å². The van der Waals surface area contributed by atoms with Gasteiger partial charge in [0.25, 0.3) is 5.91 Å². The van der Waals surface area contributed by atoms with Crippen molar-refractivity contribution in [3.8, 4) is 11.8 Å². The minimum absolute atomic E-state index is 0.0624. The van der Waals surface area contributed by atoms with E-state index in [-0.39, 0.29) is 48.4 Å². The van der Waals surface area contributed by atoms with Gasteiger partial charge in [0.15, 0.2) is 12.4 Å². The SMILES string of the molecule is CCCCN([O-])S(=O)(=O)c1ccc(NC(=O)COc2ccc(Cl)cc2C(=O)c2cc(Cl)cc(C#N)c2)c(C)c1. The Morgan fingerprint density at radius 2 is 1.82 bits per heavy atom. The van der Waals surface area contributed by atoms with E-state index in [1.54, 1.807) is 6.92 Å². The molecule has 0 unspecified atom stereocenters. The maximum absolute atomic E-state index is 13.2. The van der Waals surface area contributed by atoms with E-state index in [4.69, 9.17) is 27.9 Å². The number of amides is 1. The molecule has 0 spiro atoms. The number of ether oxygens (including phenoxy) is 1. The van der Waals surface area contributed by atoms with Crippen LogP contribution in [0.25, 0.3) is 0 Å². The van der Waals surface area contributed by atoms with Crippen LogP contribution in [-0.2, 0) is 14.8 Å². The summed E-state index contributed by atoms with van der Waals surface area (Å²) in [5, 5.41) is 24.3. The van der Waals surface area contributed by atoms with Crippen molar-refractivity contribution < 1.29 is 22.7 Å². The molecule has 1 amide bonds. The number of anilines is 1. The number of sulfonamides is 1. The molecular weight excluding hydrogens is 565 g/mol. The Labute approximate surface area is 236 Å². The molecule has 0 atom stereocenters. The number of carbonyl (C=O) groups excluding carboxylic acids is 2. The molecule has 9 nitrogen and oxygen atoms in total. The summed E-state index contributed by atoms with van der Waals surface area (Å²) >= 11 is 12.1. The van der Waals surface area contributed by atoms with Gasteiger partial charge in [0, 0.05) is 27.8 Å². The van der Waals surface area contributed by atoms with Gasteiger partial charge >= 0.3 is 0 Å². The Kier molecular flexibility index (Phi) is 10.1. The van der Waals surface area contributed by atoms with Crippen LogP contribution in [0.15, 0.2) is 59.5 Å². The van der Waals surface area contributed by atoms with Crippen LogP contribution in [0.4, 0.5) is 5.69 Å². The molecule has 0 bridgehead atoms. The van der Waals surface area contributed by atoms with Crippen LogP contribution in [0.5, 0.6) is 5.75 Å². The Morgan fingerprint density at radius 1 is 1.08 bits per heavy atom. The van der Waals surface area contributed by atoms with Crippen LogP contribution in [0, 0.1) is 23.5 Å². The molecule has 39 heavy (non-hydrogen) atoms. The molecule has 0 aliphatic rings. The Balaban J connectivity index is 1.74. The predicted octanol–water partition coefficient (Wildman–Crippen LogP) is 5.71. The minimum atomic E-state index is -4.20. The standard InChI is InChI=1S/C27H24Cl2N3O6S/c1-3-4-9-32(35)39(36,37)22-6-7-24(17(2)10-22)31-26(33)16-38-25-8-5-20(28)14-23(25)27(34)19-11-18(15-30)12-21(29)13-19/h5-8,10-14H,3-4,9,16H2,1-2H3,(H,31,33)/q-1. The average molecular weight is 589 g/mol. The number of hydrogen-bond donors (Lipinski definition) is 1. The molecule has 0 heterocycles. The highest BCUT2D eigenvalue weighted by Crippen LogP contribution is 2.28. The lowest BCUT2D eigenvalue weighted by molar-refractivity contribution is -0.118. The number of carbonyl (C=O) groups is 2. The first-order valence-corrected chi connectivity index (χ1v) is 13.9. The molecule has 0 saturated carbocycles. The molecule has 3 aromatic rings. The molecule has 0 radical (unpaired) electrons. The quantitative estimate of drug-likeness (QED) is 0.223. The Bertz CT molecular complexity index is 1550. The van der Waals surface area contributed by atoms with Crippen LogP contribution >= 0.6 is 23.2 Å². The highest BCUT2D eigenvalue weighted by Gasteiger charge is 2.20. The van der Waals surface area contributed by atoms with Gasteiger partial charge in [-0.1, -0.05) is 36.5 Å². The Morgan fingerprint density at radius 3 is 2.49 bits per heavy atom. The fourth-order valence-electron chi connectivity index (χ4n) is 3.54. The van der Waals surface area contributed by atoms with Crippen molar-refractivity contribution in [1.29, 1.82) is 5.26 Å². The first-order chi connectivity index (χ1) is 18.5. The first kappa shape index (κ1) is 30.1. The summed E-state index contributed by atoms with van der Waals surface area (Å²) in [6.07, 6.45) is 1.12. The third kappa shape index (κ3) is 7.56. The monoisotopic (exact) mass is 588 g/mol. The zero-order chi connectivity index (χ0) is 28.7. The van der Waals surface area contributed by atoms with Crippen LogP contribution in [-0.4, -0.2) is 37.7 Å². The second kappa shape index (κ2) is 13.1. The number of ketones is 1. The molecule has 0 aliphatic heterocycles. The van der Waals surface area contributed by atoms with Gasteiger partial charge in [-0.05, 0) is 73.5 Å². The lowest BCUT2D eigenvalue weighted by Gasteiger charge is -2.27. The van der Waals surface area contributed by atoms with E-state index in [0.717, 1.165) is 0 Å². The van der Waals surface area contributed by atoms with Gasteiger partial charge in [0.05, 0.1) is 22.1 Å². The molecule has 204 valence electrons. The first-order valence-electron chi connectivity index (χ1n) is 11.7. The summed E-state index contributed by atoms with van der Waals surface area (Å²) in [6, 6.07) is 14.4. The van der Waals surface area contributed by atoms with Gasteiger partial charge in [-0.2, -0.15) is 5.26 Å². The number of benzene rings is 3. The average Bonchev–Trinajstić information content (AvgIpc) is 2.91. The van der Waals surface area contributed by atoms with Gasteiger partial charge in [-0.15, -0.1) is 0 Å². The number of rotatable bonds is 11. The summed E-state index contributed by atoms with van der Waals surface area (Å²) in [7, 11) is -4.20. The lowest BCUT2D eigenvalue weighted by Crippen LogP contribution is -2.26. The number of nitrogens with zero attached hydrogens (tertiary/aromatic N) is 2. The van der Waals surface area contributed by atoms with E-state index in [0.29, 0.717) is 24.1 Å². The van der Waals surface area contributed by atoms with Gasteiger partial charge < -0.3 is 15.3 Å².